The average Bonchev–Trinajstić information content (AvgIpc) is 3.12. The highest BCUT2D eigenvalue weighted by atomic mass is 15.2. The maximum absolute atomic E-state index is 9.15. The molecule has 5 heteroatoms. The summed E-state index contributed by atoms with van der Waals surface area (Å²) in [5.74, 6) is 0.493. The van der Waals surface area contributed by atoms with Crippen molar-refractivity contribution < 1.29 is 0 Å². The molecule has 0 saturated heterocycles. The van der Waals surface area contributed by atoms with Gasteiger partial charge in [0.1, 0.15) is 11.6 Å². The Hall–Kier alpha value is -2.06. The molecule has 1 aromatic heterocycles. The fraction of sp³-hybridized carbons (Fsp3) is 0.500. The number of para-hydroxylation sites is 1. The van der Waals surface area contributed by atoms with E-state index in [1.54, 1.807) is 6.07 Å². The van der Waals surface area contributed by atoms with E-state index in [1.165, 1.54) is 25.7 Å². The van der Waals surface area contributed by atoms with Crippen LogP contribution in [-0.4, -0.2) is 34.1 Å². The third-order valence-corrected chi connectivity index (χ3v) is 4.55. The van der Waals surface area contributed by atoms with Gasteiger partial charge < -0.3 is 15.2 Å². The molecule has 0 bridgehead atoms. The van der Waals surface area contributed by atoms with Crippen molar-refractivity contribution in [2.24, 2.45) is 0 Å². The molecule has 1 heterocycles. The first-order valence-electron chi connectivity index (χ1n) is 7.56. The smallest absolute Gasteiger partial charge is 0.201 e. The Morgan fingerprint density at radius 1 is 1.43 bits per heavy atom. The quantitative estimate of drug-likeness (QED) is 0.935. The van der Waals surface area contributed by atoms with Gasteiger partial charge >= 0.3 is 0 Å². The number of nitrogens with two attached hydrogens (primary N) is 1. The Labute approximate surface area is 125 Å². The van der Waals surface area contributed by atoms with E-state index < -0.39 is 0 Å². The second kappa shape index (κ2) is 5.74. The predicted octanol–water partition coefficient (Wildman–Crippen LogP) is 2.36. The first-order chi connectivity index (χ1) is 10.2. The first-order valence-corrected chi connectivity index (χ1v) is 7.56. The molecule has 1 aliphatic carbocycles. The van der Waals surface area contributed by atoms with Crippen LogP contribution in [0, 0.1) is 11.3 Å². The number of rotatable bonds is 4. The molecule has 1 fully saturated rings. The summed E-state index contributed by atoms with van der Waals surface area (Å²) < 4.78 is 2.02. The molecule has 21 heavy (non-hydrogen) atoms. The van der Waals surface area contributed by atoms with Crippen molar-refractivity contribution in [2.75, 3.05) is 19.3 Å². The van der Waals surface area contributed by atoms with Gasteiger partial charge in [-0.05, 0) is 32.0 Å². The number of likely N-dealkylation sites (N-methyl/N-ethyl adjacent to an activating group) is 1. The fourth-order valence-corrected chi connectivity index (χ4v) is 3.28. The monoisotopic (exact) mass is 283 g/mol. The highest BCUT2D eigenvalue weighted by Gasteiger charge is 2.20. The Balaban J connectivity index is 1.81. The van der Waals surface area contributed by atoms with Crippen LogP contribution in [0.25, 0.3) is 11.0 Å². The molecule has 2 aromatic rings. The lowest BCUT2D eigenvalue weighted by molar-refractivity contribution is 0.238. The van der Waals surface area contributed by atoms with Gasteiger partial charge in [-0.25, -0.2) is 4.98 Å². The maximum Gasteiger partial charge on any atom is 0.201 e. The van der Waals surface area contributed by atoms with Crippen molar-refractivity contribution in [1.82, 2.24) is 14.5 Å². The van der Waals surface area contributed by atoms with Gasteiger partial charge in [-0.15, -0.1) is 0 Å². The second-order valence-electron chi connectivity index (χ2n) is 5.83. The molecule has 0 unspecified atom stereocenters. The highest BCUT2D eigenvalue weighted by molar-refractivity contribution is 5.83. The van der Waals surface area contributed by atoms with Crippen LogP contribution in [0.3, 0.4) is 0 Å². The van der Waals surface area contributed by atoms with E-state index in [9.17, 15) is 0 Å². The molecule has 1 aliphatic rings. The minimum Gasteiger partial charge on any atom is -0.369 e. The average molecular weight is 283 g/mol. The molecule has 0 amide bonds. The topological polar surface area (TPSA) is 70.9 Å². The summed E-state index contributed by atoms with van der Waals surface area (Å²) in [7, 11) is 2.19. The van der Waals surface area contributed by atoms with Gasteiger partial charge in [0.2, 0.25) is 5.95 Å². The van der Waals surface area contributed by atoms with E-state index in [4.69, 9.17) is 11.0 Å². The number of benzene rings is 1. The molecule has 5 nitrogen and oxygen atoms in total. The van der Waals surface area contributed by atoms with E-state index in [2.05, 4.69) is 23.0 Å². The predicted molar refractivity (Wildman–Crippen MR) is 83.7 cm³/mol. The fourth-order valence-electron chi connectivity index (χ4n) is 3.28. The number of nitrogens with zero attached hydrogens (tertiary/aromatic N) is 4. The Morgan fingerprint density at radius 3 is 2.90 bits per heavy atom. The summed E-state index contributed by atoms with van der Waals surface area (Å²) in [5, 5.41) is 9.15. The molecular formula is C16H21N5. The number of nitrogen functional groups attached to an aromatic ring is 1. The number of nitriles is 1. The molecule has 0 aliphatic heterocycles. The van der Waals surface area contributed by atoms with E-state index >= 15 is 0 Å². The van der Waals surface area contributed by atoms with Gasteiger partial charge in [0.15, 0.2) is 0 Å². The normalized spacial score (nSPS) is 15.9. The lowest BCUT2D eigenvalue weighted by Gasteiger charge is -2.24. The standard InChI is InChI=1S/C16H21N5/c1-20(13-6-2-3-7-13)9-10-21-14-8-4-5-12(11-17)15(14)19-16(21)18/h4-5,8,13H,2-3,6-7,9-10H2,1H3,(H2,18,19). The van der Waals surface area contributed by atoms with Crippen LogP contribution in [0.5, 0.6) is 0 Å². The maximum atomic E-state index is 9.15. The summed E-state index contributed by atoms with van der Waals surface area (Å²) in [6.45, 7) is 1.77. The van der Waals surface area contributed by atoms with E-state index in [0.717, 1.165) is 18.6 Å². The lowest BCUT2D eigenvalue weighted by atomic mass is 10.2. The third kappa shape index (κ3) is 2.59. The largest absolute Gasteiger partial charge is 0.369 e. The molecule has 1 saturated carbocycles. The van der Waals surface area contributed by atoms with Crippen LogP contribution >= 0.6 is 0 Å². The summed E-state index contributed by atoms with van der Waals surface area (Å²) in [4.78, 5) is 6.78. The van der Waals surface area contributed by atoms with Crippen molar-refractivity contribution in [1.29, 1.82) is 5.26 Å². The van der Waals surface area contributed by atoms with Gasteiger partial charge in [0, 0.05) is 19.1 Å². The van der Waals surface area contributed by atoms with Crippen molar-refractivity contribution in [2.45, 2.75) is 38.3 Å². The Bertz CT molecular complexity index is 676. The van der Waals surface area contributed by atoms with Gasteiger partial charge in [-0.1, -0.05) is 18.9 Å². The van der Waals surface area contributed by atoms with Gasteiger partial charge in [-0.2, -0.15) is 5.26 Å². The lowest BCUT2D eigenvalue weighted by Crippen LogP contribution is -2.32. The Morgan fingerprint density at radius 2 is 2.19 bits per heavy atom. The second-order valence-corrected chi connectivity index (χ2v) is 5.83. The highest BCUT2D eigenvalue weighted by Crippen LogP contribution is 2.24. The minimum atomic E-state index is 0.493. The molecular weight excluding hydrogens is 262 g/mol. The third-order valence-electron chi connectivity index (χ3n) is 4.55. The number of hydrogen-bond donors (Lipinski definition) is 1. The van der Waals surface area contributed by atoms with Crippen LogP contribution in [0.1, 0.15) is 31.2 Å². The van der Waals surface area contributed by atoms with Crippen LogP contribution in [-0.2, 0) is 6.54 Å². The minimum absolute atomic E-state index is 0.493. The number of imidazole rings is 1. The van der Waals surface area contributed by atoms with Gasteiger partial charge in [0.05, 0.1) is 11.1 Å². The molecule has 0 spiro atoms. The molecule has 3 rings (SSSR count). The number of aromatic nitrogens is 2. The summed E-state index contributed by atoms with van der Waals surface area (Å²) in [5.41, 5.74) is 8.29. The Kier molecular flexibility index (Phi) is 3.80. The number of fused-ring (bicyclic) bond motifs is 1. The molecule has 110 valence electrons. The van der Waals surface area contributed by atoms with Crippen LogP contribution in [0.15, 0.2) is 18.2 Å². The van der Waals surface area contributed by atoms with Crippen LogP contribution < -0.4 is 5.73 Å². The van der Waals surface area contributed by atoms with Gasteiger partial charge in [0.25, 0.3) is 0 Å². The zero-order chi connectivity index (χ0) is 14.8. The van der Waals surface area contributed by atoms with Crippen LogP contribution in [0.2, 0.25) is 0 Å². The number of hydrogen-bond acceptors (Lipinski definition) is 4. The van der Waals surface area contributed by atoms with Crippen molar-refractivity contribution in [3.8, 4) is 6.07 Å². The molecule has 0 radical (unpaired) electrons. The SMILES string of the molecule is CN(CCn1c(N)nc2c(C#N)cccc21)C1CCCC1. The number of anilines is 1. The zero-order valence-electron chi connectivity index (χ0n) is 12.4. The molecule has 1 aromatic carbocycles. The van der Waals surface area contributed by atoms with Gasteiger partial charge in [-0.3, -0.25) is 0 Å². The first kappa shape index (κ1) is 13.9. The van der Waals surface area contributed by atoms with Crippen molar-refractivity contribution in [3.63, 3.8) is 0 Å². The summed E-state index contributed by atoms with van der Waals surface area (Å²) in [6.07, 6.45) is 5.29. The summed E-state index contributed by atoms with van der Waals surface area (Å²) >= 11 is 0. The summed E-state index contributed by atoms with van der Waals surface area (Å²) in [6, 6.07) is 8.53. The van der Waals surface area contributed by atoms with E-state index in [0.29, 0.717) is 23.1 Å². The van der Waals surface area contributed by atoms with Crippen molar-refractivity contribution in [3.05, 3.63) is 23.8 Å². The molecule has 0 atom stereocenters. The van der Waals surface area contributed by atoms with Crippen molar-refractivity contribution >= 4 is 17.0 Å². The zero-order valence-corrected chi connectivity index (χ0v) is 12.4. The molecule has 2 N–H and O–H groups in total. The van der Waals surface area contributed by atoms with E-state index in [1.807, 2.05) is 16.7 Å². The van der Waals surface area contributed by atoms with E-state index in [-0.39, 0.29) is 0 Å². The van der Waals surface area contributed by atoms with Crippen LogP contribution in [0.4, 0.5) is 5.95 Å².